The number of H-pyrrole nitrogens is 1. The predicted molar refractivity (Wildman–Crippen MR) is 79.8 cm³/mol. The first kappa shape index (κ1) is 13.0. The van der Waals surface area contributed by atoms with Gasteiger partial charge in [-0.15, -0.1) is 0 Å². The van der Waals surface area contributed by atoms with E-state index in [2.05, 4.69) is 9.97 Å². The molecule has 0 unspecified atom stereocenters. The van der Waals surface area contributed by atoms with Gasteiger partial charge in [-0.1, -0.05) is 17.7 Å². The Morgan fingerprint density at radius 2 is 1.95 bits per heavy atom. The van der Waals surface area contributed by atoms with Crippen LogP contribution < -0.4 is 10.5 Å². The largest absolute Gasteiger partial charge is 0.486 e. The summed E-state index contributed by atoms with van der Waals surface area (Å²) in [4.78, 5) is 7.71. The molecule has 0 radical (unpaired) electrons. The summed E-state index contributed by atoms with van der Waals surface area (Å²) in [5.74, 6) is 1.54. The Balaban J connectivity index is 1.75. The third-order valence-corrected chi connectivity index (χ3v) is 3.27. The molecule has 102 valence electrons. The summed E-state index contributed by atoms with van der Waals surface area (Å²) in [6.45, 7) is 0.903. The van der Waals surface area contributed by atoms with Gasteiger partial charge < -0.3 is 15.5 Å². The van der Waals surface area contributed by atoms with E-state index in [1.165, 1.54) is 0 Å². The number of ether oxygens (including phenoxy) is 1. The lowest BCUT2D eigenvalue weighted by Crippen LogP contribution is -1.97. The first-order valence-corrected chi connectivity index (χ1v) is 6.68. The summed E-state index contributed by atoms with van der Waals surface area (Å²) in [7, 11) is 0. The first-order valence-electron chi connectivity index (χ1n) is 6.30. The number of imidazole rings is 1. The number of hydrogen-bond acceptors (Lipinski definition) is 3. The predicted octanol–water partition coefficient (Wildman–Crippen LogP) is 3.25. The van der Waals surface area contributed by atoms with Crippen molar-refractivity contribution in [3.8, 4) is 5.75 Å². The van der Waals surface area contributed by atoms with E-state index >= 15 is 0 Å². The second-order valence-electron chi connectivity index (χ2n) is 4.48. The van der Waals surface area contributed by atoms with Crippen LogP contribution in [0.1, 0.15) is 11.4 Å². The molecule has 4 nitrogen and oxygen atoms in total. The molecular formula is C15H14ClN3O. The molecule has 3 aromatic rings. The number of nitrogens with two attached hydrogens (primary N) is 1. The number of aromatic amines is 1. The molecule has 3 N–H and O–H groups in total. The van der Waals surface area contributed by atoms with Gasteiger partial charge in [-0.05, 0) is 42.0 Å². The molecule has 20 heavy (non-hydrogen) atoms. The molecular weight excluding hydrogens is 274 g/mol. The Morgan fingerprint density at radius 3 is 2.70 bits per heavy atom. The molecule has 1 heterocycles. The lowest BCUT2D eigenvalue weighted by Gasteiger charge is -2.03. The maximum atomic E-state index is 5.83. The topological polar surface area (TPSA) is 63.9 Å². The van der Waals surface area contributed by atoms with Crippen LogP contribution in [0.15, 0.2) is 42.5 Å². The molecule has 5 heteroatoms. The fourth-order valence-electron chi connectivity index (χ4n) is 1.99. The maximum absolute atomic E-state index is 5.83. The number of aromatic nitrogens is 2. The van der Waals surface area contributed by atoms with Crippen molar-refractivity contribution in [2.24, 2.45) is 5.73 Å². The van der Waals surface area contributed by atoms with Gasteiger partial charge in [0.1, 0.15) is 18.2 Å². The van der Waals surface area contributed by atoms with Gasteiger partial charge in [0.05, 0.1) is 11.0 Å². The number of fused-ring (bicyclic) bond motifs is 1. The van der Waals surface area contributed by atoms with Gasteiger partial charge in [0.25, 0.3) is 0 Å². The smallest absolute Gasteiger partial charge is 0.146 e. The Hall–Kier alpha value is -2.04. The van der Waals surface area contributed by atoms with Crippen LogP contribution in [0.5, 0.6) is 5.75 Å². The fourth-order valence-corrected chi connectivity index (χ4v) is 2.11. The molecule has 0 saturated carbocycles. The van der Waals surface area contributed by atoms with Gasteiger partial charge in [-0.25, -0.2) is 4.98 Å². The van der Waals surface area contributed by atoms with Crippen LogP contribution in [0, 0.1) is 0 Å². The van der Waals surface area contributed by atoms with E-state index in [1.807, 2.05) is 30.3 Å². The molecule has 0 saturated heterocycles. The van der Waals surface area contributed by atoms with Crippen molar-refractivity contribution in [2.75, 3.05) is 0 Å². The third kappa shape index (κ3) is 2.76. The van der Waals surface area contributed by atoms with Gasteiger partial charge in [-0.3, -0.25) is 0 Å². The molecule has 0 bridgehead atoms. The summed E-state index contributed by atoms with van der Waals surface area (Å²) in [6.07, 6.45) is 0. The van der Waals surface area contributed by atoms with E-state index < -0.39 is 0 Å². The van der Waals surface area contributed by atoms with E-state index in [1.54, 1.807) is 12.1 Å². The van der Waals surface area contributed by atoms with Crippen LogP contribution in [0.25, 0.3) is 11.0 Å². The lowest BCUT2D eigenvalue weighted by molar-refractivity contribution is 0.297. The normalized spacial score (nSPS) is 10.9. The molecule has 0 spiro atoms. The quantitative estimate of drug-likeness (QED) is 0.774. The van der Waals surface area contributed by atoms with Crippen molar-refractivity contribution in [1.82, 2.24) is 9.97 Å². The zero-order valence-electron chi connectivity index (χ0n) is 10.8. The van der Waals surface area contributed by atoms with Crippen LogP contribution >= 0.6 is 11.6 Å². The van der Waals surface area contributed by atoms with E-state index in [0.29, 0.717) is 18.2 Å². The number of benzene rings is 2. The van der Waals surface area contributed by atoms with E-state index in [-0.39, 0.29) is 0 Å². The van der Waals surface area contributed by atoms with Gasteiger partial charge in [-0.2, -0.15) is 0 Å². The number of nitrogens with zero attached hydrogens (tertiary/aromatic N) is 1. The summed E-state index contributed by atoms with van der Waals surface area (Å²) < 4.78 is 5.66. The van der Waals surface area contributed by atoms with E-state index in [0.717, 1.165) is 28.2 Å². The SMILES string of the molecule is NCc1ccc2nc(COc3ccc(Cl)cc3)[nH]c2c1. The van der Waals surface area contributed by atoms with Crippen LogP contribution in [0.2, 0.25) is 5.02 Å². The van der Waals surface area contributed by atoms with Gasteiger partial charge in [0.2, 0.25) is 0 Å². The molecule has 1 aromatic heterocycles. The number of rotatable bonds is 4. The average molecular weight is 288 g/mol. The zero-order valence-corrected chi connectivity index (χ0v) is 11.5. The van der Waals surface area contributed by atoms with Crippen molar-refractivity contribution in [1.29, 1.82) is 0 Å². The second-order valence-corrected chi connectivity index (χ2v) is 4.92. The van der Waals surface area contributed by atoms with E-state index in [9.17, 15) is 0 Å². The molecule has 0 aliphatic carbocycles. The van der Waals surface area contributed by atoms with Crippen molar-refractivity contribution in [3.63, 3.8) is 0 Å². The van der Waals surface area contributed by atoms with Crippen molar-refractivity contribution in [2.45, 2.75) is 13.2 Å². The second kappa shape index (κ2) is 5.53. The highest BCUT2D eigenvalue weighted by Gasteiger charge is 2.04. The highest BCUT2D eigenvalue weighted by molar-refractivity contribution is 6.30. The number of nitrogens with one attached hydrogen (secondary N) is 1. The van der Waals surface area contributed by atoms with Gasteiger partial charge >= 0.3 is 0 Å². The Labute approximate surface area is 121 Å². The van der Waals surface area contributed by atoms with E-state index in [4.69, 9.17) is 22.1 Å². The van der Waals surface area contributed by atoms with Gasteiger partial charge in [0, 0.05) is 11.6 Å². The fraction of sp³-hybridized carbons (Fsp3) is 0.133. The molecule has 0 amide bonds. The summed E-state index contributed by atoms with van der Waals surface area (Å²) in [5.41, 5.74) is 8.59. The zero-order chi connectivity index (χ0) is 13.9. The maximum Gasteiger partial charge on any atom is 0.146 e. The van der Waals surface area contributed by atoms with Crippen molar-refractivity contribution in [3.05, 3.63) is 58.9 Å². The molecule has 2 aromatic carbocycles. The van der Waals surface area contributed by atoms with Crippen LogP contribution in [0.3, 0.4) is 0 Å². The minimum atomic E-state index is 0.383. The molecule has 0 aliphatic rings. The molecule has 3 rings (SSSR count). The minimum Gasteiger partial charge on any atom is -0.486 e. The lowest BCUT2D eigenvalue weighted by atomic mass is 10.2. The summed E-state index contributed by atoms with van der Waals surface area (Å²) >= 11 is 5.83. The monoisotopic (exact) mass is 287 g/mol. The Bertz CT molecular complexity index is 722. The Kier molecular flexibility index (Phi) is 3.58. The summed E-state index contributed by atoms with van der Waals surface area (Å²) in [6, 6.07) is 13.2. The number of halogens is 1. The summed E-state index contributed by atoms with van der Waals surface area (Å²) in [5, 5.41) is 0.690. The molecule has 0 atom stereocenters. The highest BCUT2D eigenvalue weighted by atomic mass is 35.5. The average Bonchev–Trinajstić information content (AvgIpc) is 2.88. The van der Waals surface area contributed by atoms with Crippen LogP contribution in [-0.4, -0.2) is 9.97 Å². The Morgan fingerprint density at radius 1 is 1.15 bits per heavy atom. The molecule has 0 fully saturated rings. The first-order chi connectivity index (χ1) is 9.74. The van der Waals surface area contributed by atoms with Crippen molar-refractivity contribution >= 4 is 22.6 Å². The standard InChI is InChI=1S/C15H14ClN3O/c16-11-2-4-12(5-3-11)20-9-15-18-13-6-1-10(8-17)7-14(13)19-15/h1-7H,8-9,17H2,(H,18,19). The van der Waals surface area contributed by atoms with Crippen LogP contribution in [-0.2, 0) is 13.2 Å². The highest BCUT2D eigenvalue weighted by Crippen LogP contribution is 2.18. The van der Waals surface area contributed by atoms with Gasteiger partial charge in [0.15, 0.2) is 0 Å². The molecule has 0 aliphatic heterocycles. The third-order valence-electron chi connectivity index (χ3n) is 3.02. The minimum absolute atomic E-state index is 0.383. The number of hydrogen-bond donors (Lipinski definition) is 2. The van der Waals surface area contributed by atoms with Crippen molar-refractivity contribution < 1.29 is 4.74 Å². The van der Waals surface area contributed by atoms with Crippen LogP contribution in [0.4, 0.5) is 0 Å².